The maximum atomic E-state index is 13.5. The summed E-state index contributed by atoms with van der Waals surface area (Å²) in [5.41, 5.74) is -0.136. The average molecular weight is 679 g/mol. The molecule has 1 N–H and O–H groups in total. The molecule has 1 unspecified atom stereocenters. The number of carbonyl (C=O) groups is 2. The molecule has 6 rings (SSSR count). The van der Waals surface area contributed by atoms with Gasteiger partial charge in [-0.25, -0.2) is 4.57 Å². The van der Waals surface area contributed by atoms with Crippen LogP contribution in [0, 0.1) is 22.7 Å². The summed E-state index contributed by atoms with van der Waals surface area (Å²) in [7, 11) is -4.78. The van der Waals surface area contributed by atoms with E-state index < -0.39 is 43.3 Å². The van der Waals surface area contributed by atoms with Gasteiger partial charge >= 0.3 is 7.82 Å². The van der Waals surface area contributed by atoms with Gasteiger partial charge in [-0.1, -0.05) is 0 Å². The SMILES string of the molecule is CC1(C)Oc2ccc(C#N)cc2[C@H](N2CCCC2=O)[C@H]1OCCOP(=O)(O)O[C@@H]1[C@@H](N2CCCC2=O)c2cc(C#N)ccc2OC1(C)C. The molecule has 13 nitrogen and oxygen atoms in total. The van der Waals surface area contributed by atoms with Gasteiger partial charge in [-0.15, -0.1) is 0 Å². The van der Waals surface area contributed by atoms with E-state index in [1.165, 1.54) is 0 Å². The molecule has 0 saturated carbocycles. The number of nitrogens with zero attached hydrogens (tertiary/aromatic N) is 4. The van der Waals surface area contributed by atoms with E-state index in [1.54, 1.807) is 60.0 Å². The van der Waals surface area contributed by atoms with Gasteiger partial charge in [-0.3, -0.25) is 18.6 Å². The molecule has 254 valence electrons. The van der Waals surface area contributed by atoms with Crippen molar-refractivity contribution in [2.45, 2.75) is 88.9 Å². The third-order valence-corrected chi connectivity index (χ3v) is 10.4. The molecule has 14 heteroatoms. The molecule has 0 aromatic heterocycles. The zero-order valence-corrected chi connectivity index (χ0v) is 28.3. The smallest absolute Gasteiger partial charge is 0.472 e. The first kappa shape index (κ1) is 33.9. The molecular weight excluding hydrogens is 639 g/mol. The van der Waals surface area contributed by atoms with Gasteiger partial charge < -0.3 is 28.9 Å². The lowest BCUT2D eigenvalue weighted by molar-refractivity contribution is -0.150. The summed E-state index contributed by atoms with van der Waals surface area (Å²) in [5.74, 6) is 0.849. The Morgan fingerprint density at radius 1 is 0.833 bits per heavy atom. The van der Waals surface area contributed by atoms with Crippen LogP contribution in [0.15, 0.2) is 36.4 Å². The van der Waals surface area contributed by atoms with Crippen LogP contribution in [-0.4, -0.2) is 76.2 Å². The third-order valence-electron chi connectivity index (χ3n) is 9.38. The van der Waals surface area contributed by atoms with Gasteiger partial charge in [-0.2, -0.15) is 10.5 Å². The Hall–Kier alpha value is -3.97. The van der Waals surface area contributed by atoms with Crippen molar-refractivity contribution in [3.05, 3.63) is 58.7 Å². The van der Waals surface area contributed by atoms with Crippen molar-refractivity contribution >= 4 is 19.6 Å². The zero-order chi connectivity index (χ0) is 34.4. The standard InChI is InChI=1S/C34H39N4O9P/c1-33(2)31(29(37-13-5-7-27(37)39)23-17-21(19-35)9-11-25(23)45-33)43-15-16-44-48(41,42)47-32-30(38-14-6-8-28(38)40)24-18-22(20-36)10-12-26(24)46-34(32,3)4/h9-12,17-18,29-32H,5-8,13-16H2,1-4H3,(H,41,42)/t29-,30-,31+,32+/m0/s1. The Bertz CT molecular complexity index is 1750. The van der Waals surface area contributed by atoms with E-state index in [9.17, 15) is 29.6 Å². The fourth-order valence-corrected chi connectivity index (χ4v) is 8.24. The maximum absolute atomic E-state index is 13.5. The lowest BCUT2D eigenvalue weighted by Gasteiger charge is -2.47. The molecule has 4 aliphatic heterocycles. The van der Waals surface area contributed by atoms with Crippen LogP contribution in [0.3, 0.4) is 0 Å². The number of fused-ring (bicyclic) bond motifs is 2. The zero-order valence-electron chi connectivity index (χ0n) is 27.4. The fraction of sp³-hybridized carbons (Fsp3) is 0.529. The van der Waals surface area contributed by atoms with E-state index in [2.05, 4.69) is 12.1 Å². The van der Waals surface area contributed by atoms with Crippen molar-refractivity contribution in [2.75, 3.05) is 26.3 Å². The molecule has 48 heavy (non-hydrogen) atoms. The molecule has 2 saturated heterocycles. The molecule has 2 aromatic rings. The quantitative estimate of drug-likeness (QED) is 0.288. The molecule has 2 amide bonds. The average Bonchev–Trinajstić information content (AvgIpc) is 3.66. The van der Waals surface area contributed by atoms with Crippen molar-refractivity contribution in [1.82, 2.24) is 9.80 Å². The highest BCUT2D eigenvalue weighted by Crippen LogP contribution is 2.54. The van der Waals surface area contributed by atoms with E-state index in [4.69, 9.17) is 23.3 Å². The van der Waals surface area contributed by atoms with Gasteiger partial charge in [-0.05, 0) is 76.9 Å². The van der Waals surface area contributed by atoms with Gasteiger partial charge in [0.25, 0.3) is 0 Å². The minimum atomic E-state index is -4.78. The number of likely N-dealkylation sites (tertiary alicyclic amines) is 2. The highest BCUT2D eigenvalue weighted by atomic mass is 31.2. The Kier molecular flexibility index (Phi) is 9.05. The second kappa shape index (κ2) is 12.8. The van der Waals surface area contributed by atoms with Crippen LogP contribution in [-0.2, 0) is 27.9 Å². The highest BCUT2D eigenvalue weighted by Gasteiger charge is 2.53. The van der Waals surface area contributed by atoms with Gasteiger partial charge in [0.05, 0.1) is 48.6 Å². The highest BCUT2D eigenvalue weighted by molar-refractivity contribution is 7.47. The number of phosphoric acid groups is 1. The molecular formula is C34H39N4O9P. The number of hydrogen-bond acceptors (Lipinski definition) is 10. The second-order valence-electron chi connectivity index (χ2n) is 13.5. The predicted molar refractivity (Wildman–Crippen MR) is 169 cm³/mol. The van der Waals surface area contributed by atoms with Crippen LogP contribution in [0.2, 0.25) is 0 Å². The molecule has 5 atom stereocenters. The maximum Gasteiger partial charge on any atom is 0.472 e. The van der Waals surface area contributed by atoms with Gasteiger partial charge in [0, 0.05) is 37.1 Å². The first-order valence-electron chi connectivity index (χ1n) is 16.1. The summed E-state index contributed by atoms with van der Waals surface area (Å²) >= 11 is 0. The predicted octanol–water partition coefficient (Wildman–Crippen LogP) is 4.69. The minimum absolute atomic E-state index is 0.0315. The molecule has 2 fully saturated rings. The summed E-state index contributed by atoms with van der Waals surface area (Å²) in [4.78, 5) is 40.3. The molecule has 0 radical (unpaired) electrons. The summed E-state index contributed by atoms with van der Waals surface area (Å²) in [6, 6.07) is 12.9. The molecule has 0 aliphatic carbocycles. The van der Waals surface area contributed by atoms with E-state index in [0.717, 1.165) is 0 Å². The number of rotatable bonds is 9. The Labute approximate surface area is 279 Å². The van der Waals surface area contributed by atoms with Crippen molar-refractivity contribution in [1.29, 1.82) is 10.5 Å². The fourth-order valence-electron chi connectivity index (χ4n) is 7.22. The van der Waals surface area contributed by atoms with Crippen LogP contribution in [0.4, 0.5) is 0 Å². The molecule has 4 aliphatic rings. The number of nitriles is 2. The number of amides is 2. The van der Waals surface area contributed by atoms with Gasteiger partial charge in [0.2, 0.25) is 11.8 Å². The van der Waals surface area contributed by atoms with Crippen molar-refractivity contribution in [2.24, 2.45) is 0 Å². The van der Waals surface area contributed by atoms with Crippen LogP contribution in [0.5, 0.6) is 11.5 Å². The van der Waals surface area contributed by atoms with E-state index in [0.29, 0.717) is 72.5 Å². The summed E-state index contributed by atoms with van der Waals surface area (Å²) in [5, 5.41) is 19.1. The number of benzene rings is 2. The van der Waals surface area contributed by atoms with Crippen molar-refractivity contribution in [3.8, 4) is 23.6 Å². The molecule has 0 spiro atoms. The first-order chi connectivity index (χ1) is 22.7. The number of hydrogen-bond donors (Lipinski definition) is 1. The number of phosphoric ester groups is 1. The van der Waals surface area contributed by atoms with E-state index >= 15 is 0 Å². The Balaban J connectivity index is 1.20. The van der Waals surface area contributed by atoms with E-state index in [-0.39, 0.29) is 25.0 Å². The van der Waals surface area contributed by atoms with Gasteiger partial charge in [0.1, 0.15) is 34.9 Å². The third kappa shape index (κ3) is 6.41. The van der Waals surface area contributed by atoms with Crippen LogP contribution >= 0.6 is 7.82 Å². The lowest BCUT2D eigenvalue weighted by atomic mass is 9.84. The Morgan fingerprint density at radius 2 is 1.31 bits per heavy atom. The Morgan fingerprint density at radius 3 is 1.77 bits per heavy atom. The van der Waals surface area contributed by atoms with Gasteiger partial charge in [0.15, 0.2) is 0 Å². The van der Waals surface area contributed by atoms with Crippen molar-refractivity contribution < 1.29 is 42.3 Å². The minimum Gasteiger partial charge on any atom is -0.485 e. The molecule has 4 heterocycles. The molecule has 2 aromatic carbocycles. The normalized spacial score (nSPS) is 26.8. The van der Waals surface area contributed by atoms with Crippen LogP contribution < -0.4 is 9.47 Å². The largest absolute Gasteiger partial charge is 0.485 e. The number of ether oxygens (including phenoxy) is 3. The monoisotopic (exact) mass is 678 g/mol. The number of carbonyl (C=O) groups excluding carboxylic acids is 2. The first-order valence-corrected chi connectivity index (χ1v) is 17.6. The van der Waals surface area contributed by atoms with Crippen LogP contribution in [0.25, 0.3) is 0 Å². The summed E-state index contributed by atoms with van der Waals surface area (Å²) < 4.78 is 43.6. The molecule has 0 bridgehead atoms. The topological polar surface area (TPSA) is 172 Å². The second-order valence-corrected chi connectivity index (χ2v) is 14.9. The summed E-state index contributed by atoms with van der Waals surface area (Å²) in [6.07, 6.45) is 0.216. The van der Waals surface area contributed by atoms with E-state index in [1.807, 2.05) is 13.8 Å². The van der Waals surface area contributed by atoms with Crippen molar-refractivity contribution in [3.63, 3.8) is 0 Å². The summed E-state index contributed by atoms with van der Waals surface area (Å²) in [6.45, 7) is 7.53. The lowest BCUT2D eigenvalue weighted by Crippen LogP contribution is -2.55. The van der Waals surface area contributed by atoms with Crippen LogP contribution in [0.1, 0.15) is 87.7 Å².